The summed E-state index contributed by atoms with van der Waals surface area (Å²) in [5.74, 6) is 0.865. The van der Waals surface area contributed by atoms with Crippen LogP contribution in [0.3, 0.4) is 0 Å². The highest BCUT2D eigenvalue weighted by molar-refractivity contribution is 6.36. The van der Waals surface area contributed by atoms with Crippen LogP contribution in [0, 0.1) is 6.92 Å². The number of amides is 1. The van der Waals surface area contributed by atoms with Gasteiger partial charge in [-0.25, -0.2) is 0 Å². The van der Waals surface area contributed by atoms with Gasteiger partial charge in [-0.15, -0.1) is 10.2 Å². The average Bonchev–Trinajstić information content (AvgIpc) is 2.74. The normalized spacial score (nSPS) is 14.2. The van der Waals surface area contributed by atoms with E-state index >= 15 is 0 Å². The molecule has 1 aliphatic heterocycles. The summed E-state index contributed by atoms with van der Waals surface area (Å²) in [6, 6.07) is 16.9. The fourth-order valence-corrected chi connectivity index (χ4v) is 3.86. The van der Waals surface area contributed by atoms with Crippen LogP contribution in [-0.2, 0) is 0 Å². The molecule has 4 rings (SSSR count). The van der Waals surface area contributed by atoms with Crippen LogP contribution in [0.1, 0.15) is 15.9 Å². The van der Waals surface area contributed by atoms with E-state index in [-0.39, 0.29) is 5.91 Å². The number of piperazine rings is 1. The van der Waals surface area contributed by atoms with E-state index in [4.69, 9.17) is 23.2 Å². The van der Waals surface area contributed by atoms with E-state index in [0.717, 1.165) is 22.5 Å². The zero-order valence-electron chi connectivity index (χ0n) is 16.0. The minimum Gasteiger partial charge on any atom is -0.352 e. The van der Waals surface area contributed by atoms with Gasteiger partial charge in [0.05, 0.1) is 10.7 Å². The molecule has 7 heteroatoms. The lowest BCUT2D eigenvalue weighted by molar-refractivity contribution is 0.0746. The summed E-state index contributed by atoms with van der Waals surface area (Å²) in [5.41, 5.74) is 3.37. The molecular formula is C22H20Cl2N4O. The van der Waals surface area contributed by atoms with Crippen LogP contribution in [-0.4, -0.2) is 47.2 Å². The second-order valence-electron chi connectivity index (χ2n) is 7.05. The molecule has 1 amide bonds. The van der Waals surface area contributed by atoms with E-state index in [1.807, 2.05) is 54.3 Å². The van der Waals surface area contributed by atoms with Gasteiger partial charge in [0.25, 0.3) is 5.91 Å². The third-order valence-corrected chi connectivity index (χ3v) is 5.59. The molecule has 1 aromatic heterocycles. The number of anilines is 1. The molecule has 0 atom stereocenters. The summed E-state index contributed by atoms with van der Waals surface area (Å²) in [4.78, 5) is 16.7. The third kappa shape index (κ3) is 4.36. The van der Waals surface area contributed by atoms with E-state index in [1.54, 1.807) is 12.1 Å². The van der Waals surface area contributed by atoms with Crippen LogP contribution in [0.15, 0.2) is 54.6 Å². The van der Waals surface area contributed by atoms with E-state index in [1.165, 1.54) is 0 Å². The van der Waals surface area contributed by atoms with Crippen LogP contribution in [0.5, 0.6) is 0 Å². The minimum absolute atomic E-state index is 0.0727. The number of rotatable bonds is 3. The van der Waals surface area contributed by atoms with Crippen molar-refractivity contribution in [2.75, 3.05) is 31.1 Å². The topological polar surface area (TPSA) is 49.3 Å². The molecule has 148 valence electrons. The lowest BCUT2D eigenvalue weighted by atomic mass is 10.1. The SMILES string of the molecule is Cc1ccc(C(=O)N2CCN(c3ccc(-c4ccc(Cl)cc4Cl)nn3)CC2)cc1. The van der Waals surface area contributed by atoms with Crippen LogP contribution in [0.25, 0.3) is 11.3 Å². The van der Waals surface area contributed by atoms with Crippen molar-refractivity contribution in [3.63, 3.8) is 0 Å². The van der Waals surface area contributed by atoms with Crippen molar-refractivity contribution in [1.82, 2.24) is 15.1 Å². The van der Waals surface area contributed by atoms with Gasteiger partial charge < -0.3 is 9.80 Å². The van der Waals surface area contributed by atoms with E-state index in [2.05, 4.69) is 15.1 Å². The number of halogens is 2. The smallest absolute Gasteiger partial charge is 0.253 e. The van der Waals surface area contributed by atoms with Gasteiger partial charge >= 0.3 is 0 Å². The van der Waals surface area contributed by atoms with Crippen LogP contribution in [0.2, 0.25) is 10.0 Å². The quantitative estimate of drug-likeness (QED) is 0.607. The number of carbonyl (C=O) groups excluding carboxylic acids is 1. The highest BCUT2D eigenvalue weighted by atomic mass is 35.5. The first-order valence-electron chi connectivity index (χ1n) is 9.41. The average molecular weight is 427 g/mol. The number of carbonyl (C=O) groups is 1. The first kappa shape index (κ1) is 19.7. The Morgan fingerprint density at radius 2 is 1.62 bits per heavy atom. The predicted molar refractivity (Wildman–Crippen MR) is 117 cm³/mol. The van der Waals surface area contributed by atoms with E-state index in [0.29, 0.717) is 41.9 Å². The molecule has 0 saturated carbocycles. The van der Waals surface area contributed by atoms with Crippen molar-refractivity contribution in [2.45, 2.75) is 6.92 Å². The standard InChI is InChI=1S/C22H20Cl2N4O/c1-15-2-4-16(5-3-15)22(29)28-12-10-27(11-13-28)21-9-8-20(25-26-21)18-7-6-17(23)14-19(18)24/h2-9,14H,10-13H2,1H3. The fraction of sp³-hybridized carbons (Fsp3) is 0.227. The zero-order valence-corrected chi connectivity index (χ0v) is 17.5. The molecule has 1 aliphatic rings. The number of aromatic nitrogens is 2. The minimum atomic E-state index is 0.0727. The van der Waals surface area contributed by atoms with Crippen LogP contribution in [0.4, 0.5) is 5.82 Å². The Hall–Kier alpha value is -2.63. The molecule has 29 heavy (non-hydrogen) atoms. The summed E-state index contributed by atoms with van der Waals surface area (Å²) in [6.45, 7) is 4.75. The van der Waals surface area contributed by atoms with Gasteiger partial charge in [0.15, 0.2) is 5.82 Å². The molecule has 0 bridgehead atoms. The van der Waals surface area contributed by atoms with Gasteiger partial charge in [0, 0.05) is 42.3 Å². The van der Waals surface area contributed by atoms with Crippen molar-refractivity contribution in [2.24, 2.45) is 0 Å². The van der Waals surface area contributed by atoms with E-state index < -0.39 is 0 Å². The molecule has 0 spiro atoms. The van der Waals surface area contributed by atoms with Gasteiger partial charge in [0.1, 0.15) is 0 Å². The van der Waals surface area contributed by atoms with Gasteiger partial charge in [-0.2, -0.15) is 0 Å². The lowest BCUT2D eigenvalue weighted by Crippen LogP contribution is -2.49. The van der Waals surface area contributed by atoms with Gasteiger partial charge in [-0.3, -0.25) is 4.79 Å². The first-order valence-corrected chi connectivity index (χ1v) is 10.2. The van der Waals surface area contributed by atoms with Crippen molar-refractivity contribution >= 4 is 34.9 Å². The maximum Gasteiger partial charge on any atom is 0.253 e. The summed E-state index contributed by atoms with van der Waals surface area (Å²) in [6.07, 6.45) is 0. The predicted octanol–water partition coefficient (Wildman–Crippen LogP) is 4.72. The van der Waals surface area contributed by atoms with Gasteiger partial charge in [0.2, 0.25) is 0 Å². The van der Waals surface area contributed by atoms with Crippen molar-refractivity contribution in [3.8, 4) is 11.3 Å². The Bertz CT molecular complexity index is 1010. The molecule has 3 aromatic rings. The Morgan fingerprint density at radius 3 is 2.24 bits per heavy atom. The Labute approximate surface area is 179 Å². The largest absolute Gasteiger partial charge is 0.352 e. The number of benzene rings is 2. The highest BCUT2D eigenvalue weighted by Gasteiger charge is 2.23. The van der Waals surface area contributed by atoms with Gasteiger partial charge in [-0.1, -0.05) is 40.9 Å². The molecule has 0 radical (unpaired) electrons. The highest BCUT2D eigenvalue weighted by Crippen LogP contribution is 2.29. The zero-order chi connectivity index (χ0) is 20.4. The van der Waals surface area contributed by atoms with Crippen molar-refractivity contribution in [3.05, 3.63) is 75.8 Å². The van der Waals surface area contributed by atoms with Crippen molar-refractivity contribution in [1.29, 1.82) is 0 Å². The Morgan fingerprint density at radius 1 is 0.897 bits per heavy atom. The summed E-state index contributed by atoms with van der Waals surface area (Å²) >= 11 is 12.2. The number of nitrogens with zero attached hydrogens (tertiary/aromatic N) is 4. The fourth-order valence-electron chi connectivity index (χ4n) is 3.35. The molecule has 1 fully saturated rings. The summed E-state index contributed by atoms with van der Waals surface area (Å²) < 4.78 is 0. The van der Waals surface area contributed by atoms with E-state index in [9.17, 15) is 4.79 Å². The first-order chi connectivity index (χ1) is 14.0. The lowest BCUT2D eigenvalue weighted by Gasteiger charge is -2.35. The second kappa shape index (κ2) is 8.39. The monoisotopic (exact) mass is 426 g/mol. The maximum atomic E-state index is 12.7. The molecule has 1 saturated heterocycles. The Kier molecular flexibility index (Phi) is 5.69. The molecular weight excluding hydrogens is 407 g/mol. The van der Waals surface area contributed by atoms with Gasteiger partial charge in [-0.05, 0) is 49.4 Å². The number of hydrogen-bond donors (Lipinski definition) is 0. The Balaban J connectivity index is 1.41. The third-order valence-electron chi connectivity index (χ3n) is 5.05. The maximum absolute atomic E-state index is 12.7. The van der Waals surface area contributed by atoms with Crippen LogP contribution < -0.4 is 4.90 Å². The molecule has 0 unspecified atom stereocenters. The molecule has 5 nitrogen and oxygen atoms in total. The summed E-state index contributed by atoms with van der Waals surface area (Å²) in [7, 11) is 0. The molecule has 0 N–H and O–H groups in total. The van der Waals surface area contributed by atoms with Crippen LogP contribution >= 0.6 is 23.2 Å². The number of aryl methyl sites for hydroxylation is 1. The number of hydrogen-bond acceptors (Lipinski definition) is 4. The summed E-state index contributed by atoms with van der Waals surface area (Å²) in [5, 5.41) is 9.81. The van der Waals surface area contributed by atoms with Crippen molar-refractivity contribution < 1.29 is 4.79 Å². The second-order valence-corrected chi connectivity index (χ2v) is 7.89. The molecule has 0 aliphatic carbocycles. The molecule has 2 heterocycles. The molecule has 2 aromatic carbocycles.